The summed E-state index contributed by atoms with van der Waals surface area (Å²) in [5.41, 5.74) is 0.0955. The average molecular weight is 167 g/mol. The monoisotopic (exact) mass is 167 g/mol. The Morgan fingerprint density at radius 3 is 2.83 bits per heavy atom. The number of hydrogen-bond donors (Lipinski definition) is 1. The second-order valence-electron chi connectivity index (χ2n) is 3.28. The first-order valence-electron chi connectivity index (χ1n) is 4.14. The molecule has 66 valence electrons. The van der Waals surface area contributed by atoms with Crippen LogP contribution in [0.15, 0.2) is 22.8 Å². The Balaban J connectivity index is 2.17. The van der Waals surface area contributed by atoms with E-state index in [9.17, 15) is 0 Å². The summed E-state index contributed by atoms with van der Waals surface area (Å²) in [5.74, 6) is 1.03. The fourth-order valence-electron chi connectivity index (χ4n) is 1.60. The van der Waals surface area contributed by atoms with Crippen LogP contribution in [0, 0.1) is 0 Å². The van der Waals surface area contributed by atoms with Crippen LogP contribution in [0.25, 0.3) is 0 Å². The van der Waals surface area contributed by atoms with Crippen molar-refractivity contribution in [3.05, 3.63) is 24.2 Å². The molecular formula is C9H13NO2. The molecule has 1 N–H and O–H groups in total. The van der Waals surface area contributed by atoms with E-state index in [2.05, 4.69) is 5.32 Å². The molecule has 0 atom stereocenters. The molecular weight excluding hydrogens is 154 g/mol. The highest BCUT2D eigenvalue weighted by Gasteiger charge is 2.42. The highest BCUT2D eigenvalue weighted by molar-refractivity contribution is 5.18. The Morgan fingerprint density at radius 2 is 2.42 bits per heavy atom. The van der Waals surface area contributed by atoms with Crippen LogP contribution < -0.4 is 5.32 Å². The predicted octanol–water partition coefficient (Wildman–Crippen LogP) is 0.767. The largest absolute Gasteiger partial charge is 0.469 e. The summed E-state index contributed by atoms with van der Waals surface area (Å²) in [5, 5.41) is 3.16. The number of nitrogens with one attached hydrogen (secondary N) is 1. The number of furan rings is 1. The summed E-state index contributed by atoms with van der Waals surface area (Å²) in [6.07, 6.45) is 1.71. The van der Waals surface area contributed by atoms with Crippen molar-refractivity contribution in [2.75, 3.05) is 26.8 Å². The standard InChI is InChI=1S/C9H13NO2/c1-10-5-9(6-11-7-9)8-3-2-4-12-8/h2-4,10H,5-7H2,1H3. The smallest absolute Gasteiger partial charge is 0.115 e. The lowest BCUT2D eigenvalue weighted by Crippen LogP contribution is -2.52. The Labute approximate surface area is 71.7 Å². The Kier molecular flexibility index (Phi) is 1.90. The van der Waals surface area contributed by atoms with Gasteiger partial charge >= 0.3 is 0 Å². The van der Waals surface area contributed by atoms with Crippen LogP contribution in [0.2, 0.25) is 0 Å². The number of rotatable bonds is 3. The SMILES string of the molecule is CNCC1(c2ccco2)COC1. The molecule has 1 fully saturated rings. The van der Waals surface area contributed by atoms with Crippen molar-refractivity contribution >= 4 is 0 Å². The quantitative estimate of drug-likeness (QED) is 0.722. The first-order chi connectivity index (χ1) is 5.87. The van der Waals surface area contributed by atoms with Crippen molar-refractivity contribution in [1.82, 2.24) is 5.32 Å². The van der Waals surface area contributed by atoms with Crippen molar-refractivity contribution in [2.24, 2.45) is 0 Å². The molecule has 3 heteroatoms. The second kappa shape index (κ2) is 2.92. The molecule has 0 aromatic carbocycles. The zero-order chi connectivity index (χ0) is 8.44. The summed E-state index contributed by atoms with van der Waals surface area (Å²) in [6, 6.07) is 3.94. The van der Waals surface area contributed by atoms with Gasteiger partial charge in [0.1, 0.15) is 5.76 Å². The molecule has 12 heavy (non-hydrogen) atoms. The van der Waals surface area contributed by atoms with E-state index in [1.807, 2.05) is 19.2 Å². The van der Waals surface area contributed by atoms with Gasteiger partial charge in [-0.3, -0.25) is 0 Å². The summed E-state index contributed by atoms with van der Waals surface area (Å²) >= 11 is 0. The maximum Gasteiger partial charge on any atom is 0.115 e. The summed E-state index contributed by atoms with van der Waals surface area (Å²) in [6.45, 7) is 2.45. The molecule has 0 aliphatic carbocycles. The molecule has 1 saturated heterocycles. The molecule has 1 aromatic heterocycles. The van der Waals surface area contributed by atoms with E-state index in [4.69, 9.17) is 9.15 Å². The lowest BCUT2D eigenvalue weighted by molar-refractivity contribution is -0.0680. The van der Waals surface area contributed by atoms with Gasteiger partial charge in [-0.25, -0.2) is 0 Å². The zero-order valence-corrected chi connectivity index (χ0v) is 7.17. The van der Waals surface area contributed by atoms with E-state index >= 15 is 0 Å². The molecule has 0 amide bonds. The van der Waals surface area contributed by atoms with Gasteiger partial charge in [-0.05, 0) is 19.2 Å². The van der Waals surface area contributed by atoms with Crippen LogP contribution in [0.1, 0.15) is 5.76 Å². The molecule has 1 aliphatic heterocycles. The van der Waals surface area contributed by atoms with Crippen LogP contribution in [-0.2, 0) is 10.2 Å². The van der Waals surface area contributed by atoms with Gasteiger partial charge in [-0.2, -0.15) is 0 Å². The molecule has 0 spiro atoms. The molecule has 1 aromatic rings. The van der Waals surface area contributed by atoms with E-state index in [0.717, 1.165) is 25.5 Å². The highest BCUT2D eigenvalue weighted by Crippen LogP contribution is 2.31. The molecule has 0 radical (unpaired) electrons. The van der Waals surface area contributed by atoms with Crippen molar-refractivity contribution in [2.45, 2.75) is 5.41 Å². The molecule has 0 saturated carbocycles. The van der Waals surface area contributed by atoms with Crippen molar-refractivity contribution in [3.63, 3.8) is 0 Å². The van der Waals surface area contributed by atoms with E-state index in [-0.39, 0.29) is 5.41 Å². The fraction of sp³-hybridized carbons (Fsp3) is 0.556. The maximum absolute atomic E-state index is 5.37. The van der Waals surface area contributed by atoms with Gasteiger partial charge in [-0.15, -0.1) is 0 Å². The van der Waals surface area contributed by atoms with E-state index < -0.39 is 0 Å². The van der Waals surface area contributed by atoms with Gasteiger partial charge in [0.15, 0.2) is 0 Å². The third-order valence-corrected chi connectivity index (χ3v) is 2.32. The molecule has 0 bridgehead atoms. The molecule has 3 nitrogen and oxygen atoms in total. The summed E-state index contributed by atoms with van der Waals surface area (Å²) < 4.78 is 10.6. The van der Waals surface area contributed by atoms with Gasteiger partial charge in [0, 0.05) is 6.54 Å². The molecule has 0 unspecified atom stereocenters. The van der Waals surface area contributed by atoms with E-state index in [0.29, 0.717) is 0 Å². The number of hydrogen-bond acceptors (Lipinski definition) is 3. The normalized spacial score (nSPS) is 20.4. The van der Waals surface area contributed by atoms with Gasteiger partial charge in [0.2, 0.25) is 0 Å². The molecule has 2 rings (SSSR count). The van der Waals surface area contributed by atoms with Gasteiger partial charge < -0.3 is 14.5 Å². The fourth-order valence-corrected chi connectivity index (χ4v) is 1.60. The lowest BCUT2D eigenvalue weighted by atomic mass is 9.83. The molecule has 1 aliphatic rings. The third kappa shape index (κ3) is 1.06. The zero-order valence-electron chi connectivity index (χ0n) is 7.17. The number of ether oxygens (including phenoxy) is 1. The van der Waals surface area contributed by atoms with Gasteiger partial charge in [0.05, 0.1) is 24.9 Å². The maximum atomic E-state index is 5.37. The minimum atomic E-state index is 0.0955. The third-order valence-electron chi connectivity index (χ3n) is 2.32. The average Bonchev–Trinajstić information content (AvgIpc) is 2.48. The Hall–Kier alpha value is -0.800. The van der Waals surface area contributed by atoms with Crippen LogP contribution in [0.4, 0.5) is 0 Å². The highest BCUT2D eigenvalue weighted by atomic mass is 16.5. The summed E-state index contributed by atoms with van der Waals surface area (Å²) in [7, 11) is 1.95. The Morgan fingerprint density at radius 1 is 1.58 bits per heavy atom. The number of likely N-dealkylation sites (N-methyl/N-ethyl adjacent to an activating group) is 1. The van der Waals surface area contributed by atoms with Crippen LogP contribution in [0.3, 0.4) is 0 Å². The van der Waals surface area contributed by atoms with Crippen molar-refractivity contribution < 1.29 is 9.15 Å². The topological polar surface area (TPSA) is 34.4 Å². The predicted molar refractivity (Wildman–Crippen MR) is 45.1 cm³/mol. The Bertz CT molecular complexity index is 239. The van der Waals surface area contributed by atoms with Crippen molar-refractivity contribution in [3.8, 4) is 0 Å². The first-order valence-corrected chi connectivity index (χ1v) is 4.14. The van der Waals surface area contributed by atoms with Gasteiger partial charge in [0.25, 0.3) is 0 Å². The summed E-state index contributed by atoms with van der Waals surface area (Å²) in [4.78, 5) is 0. The molecule has 2 heterocycles. The second-order valence-corrected chi connectivity index (χ2v) is 3.28. The van der Waals surface area contributed by atoms with Crippen LogP contribution >= 0.6 is 0 Å². The van der Waals surface area contributed by atoms with Gasteiger partial charge in [-0.1, -0.05) is 0 Å². The minimum absolute atomic E-state index is 0.0955. The minimum Gasteiger partial charge on any atom is -0.469 e. The first kappa shape index (κ1) is 7.83. The van der Waals surface area contributed by atoms with E-state index in [1.165, 1.54) is 0 Å². The van der Waals surface area contributed by atoms with Crippen LogP contribution in [-0.4, -0.2) is 26.8 Å². The lowest BCUT2D eigenvalue weighted by Gasteiger charge is -2.39. The van der Waals surface area contributed by atoms with Crippen molar-refractivity contribution in [1.29, 1.82) is 0 Å². The van der Waals surface area contributed by atoms with Crippen LogP contribution in [0.5, 0.6) is 0 Å². The van der Waals surface area contributed by atoms with E-state index in [1.54, 1.807) is 6.26 Å².